The van der Waals surface area contributed by atoms with E-state index in [1.54, 1.807) is 30.3 Å². The highest BCUT2D eigenvalue weighted by molar-refractivity contribution is 7.92. The largest absolute Gasteiger partial charge is 0.497 e. The second-order valence-electron chi connectivity index (χ2n) is 4.35. The van der Waals surface area contributed by atoms with Crippen LogP contribution in [0, 0.1) is 0 Å². The lowest BCUT2D eigenvalue weighted by Gasteiger charge is -2.12. The fourth-order valence-electron chi connectivity index (χ4n) is 1.88. The van der Waals surface area contributed by atoms with Crippen LogP contribution in [0.2, 0.25) is 0 Å². The van der Waals surface area contributed by atoms with Crippen LogP contribution < -0.4 is 18.9 Å². The molecule has 0 fully saturated rings. The molecule has 2 aromatic carbocycles. The topological polar surface area (TPSA) is 73.9 Å². The Morgan fingerprint density at radius 3 is 2.23 bits per heavy atom. The number of benzene rings is 2. The van der Waals surface area contributed by atoms with Crippen molar-refractivity contribution in [2.24, 2.45) is 0 Å². The van der Waals surface area contributed by atoms with E-state index in [-0.39, 0.29) is 4.90 Å². The van der Waals surface area contributed by atoms with E-state index in [9.17, 15) is 8.42 Å². The molecular formula is C15H17NO5S. The summed E-state index contributed by atoms with van der Waals surface area (Å²) in [5.41, 5.74) is 0.375. The Morgan fingerprint density at radius 1 is 0.864 bits per heavy atom. The first-order valence-electron chi connectivity index (χ1n) is 6.39. The second kappa shape index (κ2) is 6.57. The van der Waals surface area contributed by atoms with Gasteiger partial charge in [-0.3, -0.25) is 4.72 Å². The Morgan fingerprint density at radius 2 is 1.59 bits per heavy atom. The van der Waals surface area contributed by atoms with Gasteiger partial charge in [-0.2, -0.15) is 0 Å². The molecule has 22 heavy (non-hydrogen) atoms. The highest BCUT2D eigenvalue weighted by atomic mass is 32.2. The highest BCUT2D eigenvalue weighted by Gasteiger charge is 2.16. The summed E-state index contributed by atoms with van der Waals surface area (Å²) < 4.78 is 42.6. The Labute approximate surface area is 129 Å². The van der Waals surface area contributed by atoms with Gasteiger partial charge in [-0.15, -0.1) is 0 Å². The first-order chi connectivity index (χ1) is 10.5. The van der Waals surface area contributed by atoms with Crippen LogP contribution in [0.3, 0.4) is 0 Å². The first kappa shape index (κ1) is 16.0. The van der Waals surface area contributed by atoms with Gasteiger partial charge in [0.25, 0.3) is 10.0 Å². The molecule has 0 radical (unpaired) electrons. The van der Waals surface area contributed by atoms with Crippen LogP contribution in [0.15, 0.2) is 47.4 Å². The molecule has 0 saturated heterocycles. The average Bonchev–Trinajstić information content (AvgIpc) is 2.54. The van der Waals surface area contributed by atoms with Crippen molar-refractivity contribution < 1.29 is 22.6 Å². The fourth-order valence-corrected chi connectivity index (χ4v) is 2.97. The van der Waals surface area contributed by atoms with Crippen molar-refractivity contribution in [2.75, 3.05) is 26.1 Å². The normalized spacial score (nSPS) is 10.9. The molecule has 118 valence electrons. The molecule has 0 aromatic heterocycles. The smallest absolute Gasteiger partial charge is 0.262 e. The van der Waals surface area contributed by atoms with E-state index in [0.717, 1.165) is 0 Å². The van der Waals surface area contributed by atoms with E-state index in [4.69, 9.17) is 14.2 Å². The average molecular weight is 323 g/mol. The molecule has 0 amide bonds. The minimum atomic E-state index is -3.72. The Bertz CT molecular complexity index is 758. The van der Waals surface area contributed by atoms with Crippen LogP contribution in [0.5, 0.6) is 17.2 Å². The molecule has 0 aliphatic rings. The molecule has 0 bridgehead atoms. The van der Waals surface area contributed by atoms with Crippen molar-refractivity contribution in [1.82, 2.24) is 0 Å². The van der Waals surface area contributed by atoms with Gasteiger partial charge in [-0.1, -0.05) is 6.07 Å². The number of hydrogen-bond donors (Lipinski definition) is 1. The van der Waals surface area contributed by atoms with Crippen LogP contribution in [-0.2, 0) is 10.0 Å². The summed E-state index contributed by atoms with van der Waals surface area (Å²) in [7, 11) is 0.759. The summed E-state index contributed by atoms with van der Waals surface area (Å²) in [6.45, 7) is 0. The van der Waals surface area contributed by atoms with Gasteiger partial charge in [0.15, 0.2) is 11.5 Å². The molecule has 0 spiro atoms. The third-order valence-corrected chi connectivity index (χ3v) is 4.37. The molecule has 0 heterocycles. The lowest BCUT2D eigenvalue weighted by atomic mass is 10.3. The maximum atomic E-state index is 12.4. The molecule has 0 aliphatic carbocycles. The monoisotopic (exact) mass is 323 g/mol. The van der Waals surface area contributed by atoms with Gasteiger partial charge < -0.3 is 14.2 Å². The van der Waals surface area contributed by atoms with Crippen molar-refractivity contribution in [3.8, 4) is 17.2 Å². The van der Waals surface area contributed by atoms with Gasteiger partial charge >= 0.3 is 0 Å². The maximum absolute atomic E-state index is 12.4. The summed E-state index contributed by atoms with van der Waals surface area (Å²) in [6, 6.07) is 11.0. The Balaban J connectivity index is 2.32. The molecule has 0 saturated carbocycles. The molecule has 6 nitrogen and oxygen atoms in total. The van der Waals surface area contributed by atoms with Crippen LogP contribution >= 0.6 is 0 Å². The van der Waals surface area contributed by atoms with E-state index in [1.165, 1.54) is 33.5 Å². The standard InChI is InChI=1S/C15H17NO5S/c1-19-12-5-4-6-13(10-12)22(17,18)16-11-7-8-14(20-2)15(9-11)21-3/h4-10,16H,1-3H3. The third-order valence-electron chi connectivity index (χ3n) is 2.99. The predicted molar refractivity (Wildman–Crippen MR) is 83.3 cm³/mol. The summed E-state index contributed by atoms with van der Waals surface area (Å²) in [6.07, 6.45) is 0. The highest BCUT2D eigenvalue weighted by Crippen LogP contribution is 2.31. The van der Waals surface area contributed by atoms with E-state index in [0.29, 0.717) is 22.9 Å². The third kappa shape index (κ3) is 3.43. The van der Waals surface area contributed by atoms with Gasteiger partial charge in [0.05, 0.1) is 31.9 Å². The molecule has 7 heteroatoms. The summed E-state index contributed by atoms with van der Waals surface area (Å²) in [5, 5.41) is 0. The molecule has 2 aromatic rings. The van der Waals surface area contributed by atoms with Gasteiger partial charge in [0, 0.05) is 12.1 Å². The van der Waals surface area contributed by atoms with Crippen LogP contribution in [-0.4, -0.2) is 29.7 Å². The van der Waals surface area contributed by atoms with Crippen LogP contribution in [0.25, 0.3) is 0 Å². The minimum absolute atomic E-state index is 0.113. The fraction of sp³-hybridized carbons (Fsp3) is 0.200. The van der Waals surface area contributed by atoms with E-state index >= 15 is 0 Å². The number of hydrogen-bond acceptors (Lipinski definition) is 5. The molecule has 2 rings (SSSR count). The Hall–Kier alpha value is -2.41. The number of nitrogens with one attached hydrogen (secondary N) is 1. The number of anilines is 1. The number of methoxy groups -OCH3 is 3. The molecule has 0 aliphatic heterocycles. The summed E-state index contributed by atoms with van der Waals surface area (Å²) >= 11 is 0. The molecular weight excluding hydrogens is 306 g/mol. The van der Waals surface area contributed by atoms with Crippen molar-refractivity contribution in [1.29, 1.82) is 0 Å². The van der Waals surface area contributed by atoms with Crippen molar-refractivity contribution in [3.05, 3.63) is 42.5 Å². The first-order valence-corrected chi connectivity index (χ1v) is 7.87. The molecule has 0 atom stereocenters. The van der Waals surface area contributed by atoms with Crippen molar-refractivity contribution in [2.45, 2.75) is 4.90 Å². The van der Waals surface area contributed by atoms with E-state index in [1.807, 2.05) is 0 Å². The van der Waals surface area contributed by atoms with Gasteiger partial charge in [0.2, 0.25) is 0 Å². The SMILES string of the molecule is COc1cccc(S(=O)(=O)Nc2ccc(OC)c(OC)c2)c1. The minimum Gasteiger partial charge on any atom is -0.497 e. The summed E-state index contributed by atoms with van der Waals surface area (Å²) in [5.74, 6) is 1.43. The maximum Gasteiger partial charge on any atom is 0.262 e. The Kier molecular flexibility index (Phi) is 4.77. The predicted octanol–water partition coefficient (Wildman–Crippen LogP) is 2.51. The number of sulfonamides is 1. The zero-order valence-electron chi connectivity index (χ0n) is 12.5. The van der Waals surface area contributed by atoms with Crippen LogP contribution in [0.4, 0.5) is 5.69 Å². The zero-order valence-corrected chi connectivity index (χ0v) is 13.3. The lowest BCUT2D eigenvalue weighted by Crippen LogP contribution is -2.13. The molecule has 1 N–H and O–H groups in total. The summed E-state index contributed by atoms with van der Waals surface area (Å²) in [4.78, 5) is 0.113. The van der Waals surface area contributed by atoms with Crippen molar-refractivity contribution >= 4 is 15.7 Å². The van der Waals surface area contributed by atoms with Gasteiger partial charge in [-0.25, -0.2) is 8.42 Å². The zero-order chi connectivity index (χ0) is 16.2. The number of rotatable bonds is 6. The molecule has 0 unspecified atom stereocenters. The van der Waals surface area contributed by atoms with Gasteiger partial charge in [0.1, 0.15) is 5.75 Å². The van der Waals surface area contributed by atoms with E-state index < -0.39 is 10.0 Å². The second-order valence-corrected chi connectivity index (χ2v) is 6.04. The van der Waals surface area contributed by atoms with Crippen LogP contribution in [0.1, 0.15) is 0 Å². The van der Waals surface area contributed by atoms with Gasteiger partial charge in [-0.05, 0) is 24.3 Å². The lowest BCUT2D eigenvalue weighted by molar-refractivity contribution is 0.355. The van der Waals surface area contributed by atoms with E-state index in [2.05, 4.69) is 4.72 Å². The quantitative estimate of drug-likeness (QED) is 0.884. The van der Waals surface area contributed by atoms with Crippen molar-refractivity contribution in [3.63, 3.8) is 0 Å². The number of ether oxygens (including phenoxy) is 3.